The largest absolute Gasteiger partial charge is 0.453 e. The molecule has 2 aromatic heterocycles. The molecule has 0 amide bonds. The van der Waals surface area contributed by atoms with Gasteiger partial charge < -0.3 is 9.30 Å². The molecule has 0 saturated carbocycles. The summed E-state index contributed by atoms with van der Waals surface area (Å²) in [7, 11) is 0. The Balaban J connectivity index is 1.55. The highest BCUT2D eigenvalue weighted by Gasteiger charge is 2.21. The van der Waals surface area contributed by atoms with E-state index >= 15 is 0 Å². The Morgan fingerprint density at radius 2 is 2.00 bits per heavy atom. The van der Waals surface area contributed by atoms with E-state index in [-0.39, 0.29) is 15.7 Å². The lowest BCUT2D eigenvalue weighted by Crippen LogP contribution is -2.13. The van der Waals surface area contributed by atoms with Crippen LogP contribution in [0, 0.1) is 17.1 Å². The van der Waals surface area contributed by atoms with Crippen LogP contribution in [-0.4, -0.2) is 22.9 Å². The first kappa shape index (κ1) is 20.1. The third kappa shape index (κ3) is 3.67. The zero-order chi connectivity index (χ0) is 21.3. The minimum Gasteiger partial charge on any atom is -0.453 e. The molecule has 8 heteroatoms. The molecule has 0 aliphatic rings. The van der Waals surface area contributed by atoms with Gasteiger partial charge in [-0.15, -0.1) is 11.3 Å². The van der Waals surface area contributed by atoms with Crippen molar-refractivity contribution in [1.29, 1.82) is 5.26 Å². The van der Waals surface area contributed by atoms with Crippen LogP contribution in [0.2, 0.25) is 5.02 Å². The average molecular weight is 441 g/mol. The molecule has 0 spiro atoms. The first-order chi connectivity index (χ1) is 14.5. The monoisotopic (exact) mass is 440 g/mol. The molecular formula is C22H14ClFN2O3S. The number of ketones is 1. The number of rotatable bonds is 6. The van der Waals surface area contributed by atoms with Crippen LogP contribution in [0.1, 0.15) is 26.5 Å². The van der Waals surface area contributed by atoms with Crippen LogP contribution in [0.15, 0.2) is 48.7 Å². The number of carbonyl (C=O) groups excluding carboxylic acids is 2. The van der Waals surface area contributed by atoms with Gasteiger partial charge in [0, 0.05) is 39.3 Å². The Hall–Kier alpha value is -3.21. The van der Waals surface area contributed by atoms with E-state index in [1.165, 1.54) is 18.2 Å². The number of carbonyl (C=O) groups is 2. The standard InChI is InChI=1S/C22H14ClFN2O3S/c23-20-15-7-6-13(24)10-19(15)30-21(20)22(28)29-12-18(27)16-11-26(9-3-8-25)17-5-2-1-4-14(16)17/h1-2,4-7,10-11H,3,9,12H2. The molecule has 0 unspecified atom stereocenters. The summed E-state index contributed by atoms with van der Waals surface area (Å²) < 4.78 is 21.0. The van der Waals surface area contributed by atoms with E-state index in [4.69, 9.17) is 21.6 Å². The Labute approximate surface area is 179 Å². The predicted octanol–water partition coefficient (Wildman–Crippen LogP) is 5.60. The molecule has 30 heavy (non-hydrogen) atoms. The number of Topliss-reactive ketones (excluding diaryl/α,β-unsaturated/α-hetero) is 1. The van der Waals surface area contributed by atoms with Crippen molar-refractivity contribution >= 4 is 55.7 Å². The smallest absolute Gasteiger partial charge is 0.350 e. The number of nitrogens with zero attached hydrogens (tertiary/aromatic N) is 2. The summed E-state index contributed by atoms with van der Waals surface area (Å²) in [6.07, 6.45) is 1.99. The van der Waals surface area contributed by atoms with Crippen molar-refractivity contribution in [1.82, 2.24) is 4.57 Å². The fraction of sp³-hybridized carbons (Fsp3) is 0.136. The second-order valence-corrected chi connectivity index (χ2v) is 7.98. The van der Waals surface area contributed by atoms with Crippen LogP contribution < -0.4 is 0 Å². The lowest BCUT2D eigenvalue weighted by molar-refractivity contribution is 0.0480. The summed E-state index contributed by atoms with van der Waals surface area (Å²) in [5, 5.41) is 10.3. The minimum absolute atomic E-state index is 0.126. The highest BCUT2D eigenvalue weighted by Crippen LogP contribution is 2.36. The van der Waals surface area contributed by atoms with Gasteiger partial charge in [-0.2, -0.15) is 5.26 Å². The fourth-order valence-corrected chi connectivity index (χ4v) is 4.70. The fourth-order valence-electron chi connectivity index (χ4n) is 3.27. The SMILES string of the molecule is N#CCCn1cc(C(=O)COC(=O)c2sc3cc(F)ccc3c2Cl)c2ccccc21. The third-order valence-corrected chi connectivity index (χ3v) is 6.30. The molecule has 0 N–H and O–H groups in total. The summed E-state index contributed by atoms with van der Waals surface area (Å²) in [5.74, 6) is -1.52. The number of nitriles is 1. The van der Waals surface area contributed by atoms with E-state index in [2.05, 4.69) is 6.07 Å². The molecule has 0 aliphatic heterocycles. The molecule has 0 saturated heterocycles. The van der Waals surface area contributed by atoms with E-state index in [0.717, 1.165) is 22.2 Å². The first-order valence-electron chi connectivity index (χ1n) is 9.02. The molecule has 5 nitrogen and oxygen atoms in total. The average Bonchev–Trinajstić information content (AvgIpc) is 3.28. The lowest BCUT2D eigenvalue weighted by atomic mass is 10.1. The first-order valence-corrected chi connectivity index (χ1v) is 10.2. The van der Waals surface area contributed by atoms with Gasteiger partial charge in [0.2, 0.25) is 5.78 Å². The van der Waals surface area contributed by atoms with E-state index in [1.807, 2.05) is 28.8 Å². The van der Waals surface area contributed by atoms with Crippen molar-refractivity contribution in [3.63, 3.8) is 0 Å². The highest BCUT2D eigenvalue weighted by atomic mass is 35.5. The van der Waals surface area contributed by atoms with Gasteiger partial charge in [-0.1, -0.05) is 29.8 Å². The number of esters is 1. The summed E-state index contributed by atoms with van der Waals surface area (Å²) in [4.78, 5) is 25.4. The molecule has 0 radical (unpaired) electrons. The van der Waals surface area contributed by atoms with Gasteiger partial charge in [0.1, 0.15) is 10.7 Å². The van der Waals surface area contributed by atoms with Crippen molar-refractivity contribution in [3.8, 4) is 6.07 Å². The number of hydrogen-bond acceptors (Lipinski definition) is 5. The molecular weight excluding hydrogens is 427 g/mol. The van der Waals surface area contributed by atoms with Crippen LogP contribution in [0.5, 0.6) is 0 Å². The maximum Gasteiger partial charge on any atom is 0.350 e. The number of aryl methyl sites for hydroxylation is 1. The van der Waals surface area contributed by atoms with Gasteiger partial charge in [0.25, 0.3) is 0 Å². The van der Waals surface area contributed by atoms with E-state index < -0.39 is 18.4 Å². The Morgan fingerprint density at radius 3 is 2.80 bits per heavy atom. The van der Waals surface area contributed by atoms with Crippen molar-refractivity contribution in [2.24, 2.45) is 0 Å². The molecule has 0 aliphatic carbocycles. The van der Waals surface area contributed by atoms with Gasteiger partial charge in [-0.05, 0) is 24.3 Å². The van der Waals surface area contributed by atoms with Gasteiger partial charge >= 0.3 is 5.97 Å². The number of aromatic nitrogens is 1. The van der Waals surface area contributed by atoms with Gasteiger partial charge in [0.15, 0.2) is 6.61 Å². The van der Waals surface area contributed by atoms with E-state index in [9.17, 15) is 14.0 Å². The topological polar surface area (TPSA) is 72.1 Å². The lowest BCUT2D eigenvalue weighted by Gasteiger charge is -2.03. The van der Waals surface area contributed by atoms with Crippen LogP contribution in [0.3, 0.4) is 0 Å². The van der Waals surface area contributed by atoms with Crippen molar-refractivity contribution < 1.29 is 18.7 Å². The number of halogens is 2. The van der Waals surface area contributed by atoms with Crippen LogP contribution >= 0.6 is 22.9 Å². The number of ether oxygens (including phenoxy) is 1. The highest BCUT2D eigenvalue weighted by molar-refractivity contribution is 7.21. The maximum absolute atomic E-state index is 13.4. The number of fused-ring (bicyclic) bond motifs is 2. The van der Waals surface area contributed by atoms with Crippen molar-refractivity contribution in [3.05, 3.63) is 69.9 Å². The summed E-state index contributed by atoms with van der Waals surface area (Å²) in [6.45, 7) is 0.00204. The van der Waals surface area contributed by atoms with Gasteiger partial charge in [0.05, 0.1) is 17.5 Å². The molecule has 4 rings (SSSR count). The molecule has 2 heterocycles. The molecule has 0 fully saturated rings. The van der Waals surface area contributed by atoms with Crippen molar-refractivity contribution in [2.75, 3.05) is 6.61 Å². The van der Waals surface area contributed by atoms with Crippen LogP contribution in [0.4, 0.5) is 4.39 Å². The van der Waals surface area contributed by atoms with Crippen molar-refractivity contribution in [2.45, 2.75) is 13.0 Å². The van der Waals surface area contributed by atoms with Gasteiger partial charge in [-0.3, -0.25) is 4.79 Å². The second-order valence-electron chi connectivity index (χ2n) is 6.55. The number of benzene rings is 2. The maximum atomic E-state index is 13.4. The third-order valence-electron chi connectivity index (χ3n) is 4.66. The predicted molar refractivity (Wildman–Crippen MR) is 114 cm³/mol. The van der Waals surface area contributed by atoms with Gasteiger partial charge in [-0.25, -0.2) is 9.18 Å². The summed E-state index contributed by atoms with van der Waals surface area (Å²) >= 11 is 7.26. The number of para-hydroxylation sites is 1. The zero-order valence-electron chi connectivity index (χ0n) is 15.5. The Kier molecular flexibility index (Phi) is 5.53. The summed E-state index contributed by atoms with van der Waals surface area (Å²) in [6, 6.07) is 13.5. The second kappa shape index (κ2) is 8.27. The molecule has 0 bridgehead atoms. The Bertz CT molecular complexity index is 1340. The quantitative estimate of drug-likeness (QED) is 0.289. The molecule has 0 atom stereocenters. The zero-order valence-corrected chi connectivity index (χ0v) is 17.1. The summed E-state index contributed by atoms with van der Waals surface area (Å²) in [5.41, 5.74) is 1.25. The molecule has 4 aromatic rings. The normalized spacial score (nSPS) is 11.0. The van der Waals surface area contributed by atoms with E-state index in [0.29, 0.717) is 28.6 Å². The Morgan fingerprint density at radius 1 is 1.20 bits per heavy atom. The van der Waals surface area contributed by atoms with E-state index in [1.54, 1.807) is 6.20 Å². The van der Waals surface area contributed by atoms with Crippen LogP contribution in [-0.2, 0) is 11.3 Å². The number of thiophene rings is 1. The molecule has 2 aromatic carbocycles. The number of hydrogen-bond donors (Lipinski definition) is 0. The minimum atomic E-state index is -0.733. The van der Waals surface area contributed by atoms with Crippen LogP contribution in [0.25, 0.3) is 21.0 Å². The molecule has 150 valence electrons.